The molecule has 0 aromatic heterocycles. The van der Waals surface area contributed by atoms with Crippen molar-refractivity contribution in [3.63, 3.8) is 0 Å². The van der Waals surface area contributed by atoms with Crippen LogP contribution in [0.2, 0.25) is 0 Å². The molecule has 2 heterocycles. The maximum Gasteiger partial charge on any atom is 0.236 e. The molecule has 2 fully saturated rings. The number of nitrogens with zero attached hydrogens (tertiary/aromatic N) is 4. The van der Waals surface area contributed by atoms with E-state index in [1.807, 2.05) is 11.8 Å². The van der Waals surface area contributed by atoms with Crippen LogP contribution >= 0.6 is 24.0 Å². The van der Waals surface area contributed by atoms with Gasteiger partial charge in [0, 0.05) is 45.8 Å². The molecule has 174 valence electrons. The van der Waals surface area contributed by atoms with Gasteiger partial charge in [0.25, 0.3) is 0 Å². The normalized spacial score (nSPS) is 19.0. The van der Waals surface area contributed by atoms with Crippen LogP contribution in [0.5, 0.6) is 0 Å². The van der Waals surface area contributed by atoms with E-state index in [-0.39, 0.29) is 42.2 Å². The Kier molecular flexibility index (Phi) is 11.0. The number of hydrogen-bond acceptors (Lipinski definition) is 4. The third-order valence-electron chi connectivity index (χ3n) is 5.74. The molecule has 1 atom stereocenters. The third-order valence-corrected chi connectivity index (χ3v) is 5.74. The molecular weight excluding hydrogens is 512 g/mol. The Morgan fingerprint density at radius 1 is 1.06 bits per heavy atom. The largest absolute Gasteiger partial charge is 0.386 e. The van der Waals surface area contributed by atoms with Crippen LogP contribution in [-0.4, -0.2) is 90.6 Å². The summed E-state index contributed by atoms with van der Waals surface area (Å²) in [4.78, 5) is 23.5. The summed E-state index contributed by atoms with van der Waals surface area (Å²) in [6.45, 7) is 8.43. The molecule has 1 aromatic carbocycles. The predicted molar refractivity (Wildman–Crippen MR) is 131 cm³/mol. The van der Waals surface area contributed by atoms with Crippen molar-refractivity contribution in [1.29, 1.82) is 0 Å². The number of piperazine rings is 1. The number of guanidine groups is 1. The lowest BCUT2D eigenvalue weighted by molar-refractivity contribution is -0.133. The van der Waals surface area contributed by atoms with Crippen molar-refractivity contribution in [2.75, 3.05) is 58.9 Å². The number of aliphatic hydroxyl groups is 1. The number of amides is 1. The minimum absolute atomic E-state index is 0. The minimum atomic E-state index is -0.775. The summed E-state index contributed by atoms with van der Waals surface area (Å²) in [6, 6.07) is 5.86. The van der Waals surface area contributed by atoms with E-state index in [0.29, 0.717) is 12.1 Å². The summed E-state index contributed by atoms with van der Waals surface area (Å²) in [5.41, 5.74) is 0.650. The van der Waals surface area contributed by atoms with Gasteiger partial charge in [-0.25, -0.2) is 4.39 Å². The lowest BCUT2D eigenvalue weighted by Crippen LogP contribution is -2.54. The number of likely N-dealkylation sites (tertiary alicyclic amines) is 1. The predicted octanol–water partition coefficient (Wildman–Crippen LogP) is 2.07. The second kappa shape index (κ2) is 13.2. The van der Waals surface area contributed by atoms with Gasteiger partial charge in [-0.2, -0.15) is 0 Å². The molecule has 1 aromatic rings. The maximum absolute atomic E-state index is 13.1. The Morgan fingerprint density at radius 3 is 2.32 bits per heavy atom. The lowest BCUT2D eigenvalue weighted by atomic mass is 10.1. The van der Waals surface area contributed by atoms with Crippen molar-refractivity contribution in [2.45, 2.75) is 32.3 Å². The average molecular weight is 547 g/mol. The first-order valence-electron chi connectivity index (χ1n) is 11.0. The van der Waals surface area contributed by atoms with Gasteiger partial charge in [-0.3, -0.25) is 14.7 Å². The second-order valence-electron chi connectivity index (χ2n) is 7.97. The molecule has 2 aliphatic rings. The molecule has 0 spiro atoms. The van der Waals surface area contributed by atoms with E-state index in [0.717, 1.165) is 64.6 Å². The molecule has 7 nitrogen and oxygen atoms in total. The highest BCUT2D eigenvalue weighted by Crippen LogP contribution is 2.14. The van der Waals surface area contributed by atoms with Gasteiger partial charge in [0.1, 0.15) is 5.82 Å². The number of hydrogen-bond donors (Lipinski definition) is 2. The highest BCUT2D eigenvalue weighted by Gasteiger charge is 2.24. The van der Waals surface area contributed by atoms with Crippen LogP contribution in [0.3, 0.4) is 0 Å². The van der Waals surface area contributed by atoms with Crippen LogP contribution in [0, 0.1) is 5.82 Å². The van der Waals surface area contributed by atoms with Gasteiger partial charge in [0.2, 0.25) is 5.91 Å². The number of benzene rings is 1. The molecule has 2 N–H and O–H groups in total. The Hall–Kier alpha value is -1.46. The molecule has 0 bridgehead atoms. The third kappa shape index (κ3) is 7.87. The SMILES string of the molecule is CCNC(=NCC(O)c1ccc(F)cc1)N1CCN(CC(=O)N2CCCCC2)CC1.I. The summed E-state index contributed by atoms with van der Waals surface area (Å²) >= 11 is 0. The summed E-state index contributed by atoms with van der Waals surface area (Å²) in [5, 5.41) is 13.7. The van der Waals surface area contributed by atoms with Gasteiger partial charge < -0.3 is 20.2 Å². The van der Waals surface area contributed by atoms with Crippen molar-refractivity contribution in [1.82, 2.24) is 20.0 Å². The number of nitrogens with one attached hydrogen (secondary N) is 1. The molecule has 0 saturated carbocycles. The van der Waals surface area contributed by atoms with E-state index in [9.17, 15) is 14.3 Å². The van der Waals surface area contributed by atoms with E-state index in [1.54, 1.807) is 12.1 Å². The highest BCUT2D eigenvalue weighted by molar-refractivity contribution is 14.0. The molecule has 0 aliphatic carbocycles. The average Bonchev–Trinajstić information content (AvgIpc) is 2.78. The van der Waals surface area contributed by atoms with Gasteiger partial charge in [0.05, 0.1) is 19.2 Å². The molecule has 0 radical (unpaired) electrons. The van der Waals surface area contributed by atoms with Crippen molar-refractivity contribution in [3.05, 3.63) is 35.6 Å². The van der Waals surface area contributed by atoms with Crippen molar-refractivity contribution >= 4 is 35.8 Å². The van der Waals surface area contributed by atoms with Gasteiger partial charge in [-0.15, -0.1) is 24.0 Å². The Labute approximate surface area is 201 Å². The first kappa shape index (κ1) is 25.8. The molecule has 3 rings (SSSR count). The quantitative estimate of drug-likeness (QED) is 0.325. The molecule has 31 heavy (non-hydrogen) atoms. The number of aliphatic hydroxyl groups excluding tert-OH is 1. The zero-order valence-corrected chi connectivity index (χ0v) is 20.6. The summed E-state index contributed by atoms with van der Waals surface area (Å²) in [7, 11) is 0. The molecule has 1 unspecified atom stereocenters. The Bertz CT molecular complexity index is 704. The van der Waals surface area contributed by atoms with E-state index in [1.165, 1.54) is 18.6 Å². The van der Waals surface area contributed by atoms with Gasteiger partial charge in [-0.1, -0.05) is 12.1 Å². The van der Waals surface area contributed by atoms with Gasteiger partial charge in [-0.05, 0) is 43.9 Å². The van der Waals surface area contributed by atoms with Gasteiger partial charge >= 0.3 is 0 Å². The Morgan fingerprint density at radius 2 is 1.71 bits per heavy atom. The van der Waals surface area contributed by atoms with Crippen molar-refractivity contribution < 1.29 is 14.3 Å². The fourth-order valence-corrected chi connectivity index (χ4v) is 3.94. The van der Waals surface area contributed by atoms with E-state index in [4.69, 9.17) is 0 Å². The van der Waals surface area contributed by atoms with Crippen molar-refractivity contribution in [3.8, 4) is 0 Å². The van der Waals surface area contributed by atoms with E-state index in [2.05, 4.69) is 20.1 Å². The smallest absolute Gasteiger partial charge is 0.236 e. The molecule has 2 aliphatic heterocycles. The minimum Gasteiger partial charge on any atom is -0.386 e. The highest BCUT2D eigenvalue weighted by atomic mass is 127. The van der Waals surface area contributed by atoms with Crippen LogP contribution < -0.4 is 5.32 Å². The second-order valence-corrected chi connectivity index (χ2v) is 7.97. The van der Waals surface area contributed by atoms with E-state index < -0.39 is 6.10 Å². The van der Waals surface area contributed by atoms with Gasteiger partial charge in [0.15, 0.2) is 5.96 Å². The standard InChI is InChI=1S/C22H34FN5O2.HI/c1-2-24-22(25-16-20(29)18-6-8-19(23)9-7-18)28-14-12-26(13-15-28)17-21(30)27-10-4-3-5-11-27;/h6-9,20,29H,2-5,10-17H2,1H3,(H,24,25);1H. The fraction of sp³-hybridized carbons (Fsp3) is 0.636. The lowest BCUT2D eigenvalue weighted by Gasteiger charge is -2.37. The number of rotatable bonds is 6. The number of carbonyl (C=O) groups excluding carboxylic acids is 1. The molecule has 1 amide bonds. The van der Waals surface area contributed by atoms with Crippen LogP contribution in [0.25, 0.3) is 0 Å². The first-order valence-corrected chi connectivity index (χ1v) is 11.0. The maximum atomic E-state index is 13.1. The van der Waals surface area contributed by atoms with E-state index >= 15 is 0 Å². The van der Waals surface area contributed by atoms with Crippen LogP contribution in [0.1, 0.15) is 37.9 Å². The summed E-state index contributed by atoms with van der Waals surface area (Å²) in [5.74, 6) is 0.686. The Balaban J connectivity index is 0.00000341. The zero-order chi connectivity index (χ0) is 21.3. The fourth-order valence-electron chi connectivity index (χ4n) is 3.94. The summed E-state index contributed by atoms with van der Waals surface area (Å²) in [6.07, 6.45) is 2.69. The number of aliphatic imine (C=N–C) groups is 1. The first-order chi connectivity index (χ1) is 14.6. The molecule has 2 saturated heterocycles. The molecule has 9 heteroatoms. The molecular formula is C22H35FIN5O2. The topological polar surface area (TPSA) is 71.4 Å². The summed E-state index contributed by atoms with van der Waals surface area (Å²) < 4.78 is 13.1. The number of halogens is 2. The number of piperidine rings is 1. The van der Waals surface area contributed by atoms with Crippen LogP contribution in [0.4, 0.5) is 4.39 Å². The van der Waals surface area contributed by atoms with Crippen LogP contribution in [0.15, 0.2) is 29.3 Å². The van der Waals surface area contributed by atoms with Crippen molar-refractivity contribution in [2.24, 2.45) is 4.99 Å². The van der Waals surface area contributed by atoms with Crippen LogP contribution in [-0.2, 0) is 4.79 Å². The monoisotopic (exact) mass is 547 g/mol. The zero-order valence-electron chi connectivity index (χ0n) is 18.3. The number of carbonyl (C=O) groups is 1.